The average molecular weight is 263 g/mol. The molecule has 0 spiro atoms. The zero-order valence-corrected chi connectivity index (χ0v) is 12.1. The van der Waals surface area contributed by atoms with Gasteiger partial charge < -0.3 is 10.6 Å². The first-order valence-electron chi connectivity index (χ1n) is 6.11. The average Bonchev–Trinajstić information content (AvgIpc) is 2.38. The van der Waals surface area contributed by atoms with Crippen LogP contribution in [0.15, 0.2) is 18.2 Å². The summed E-state index contributed by atoms with van der Waals surface area (Å²) >= 11 is 1.86. The van der Waals surface area contributed by atoms with Crippen LogP contribution in [-0.4, -0.2) is 25.1 Å². The molecule has 0 aliphatic heterocycles. The highest BCUT2D eigenvalue weighted by molar-refractivity contribution is 7.98. The standard InChI is InChI=1S/C14H21N3S/c1-4-12(10-18-3)17(2)13-5-6-14(16)11(9-13)7-8-15/h5-6,9,12H,4,7,10,16H2,1-3H3. The lowest BCUT2D eigenvalue weighted by molar-refractivity contribution is 0.673. The second-order valence-corrected chi connectivity index (χ2v) is 5.26. The molecular weight excluding hydrogens is 242 g/mol. The third kappa shape index (κ3) is 3.58. The molecule has 18 heavy (non-hydrogen) atoms. The Morgan fingerprint density at radius 1 is 1.50 bits per heavy atom. The van der Waals surface area contributed by atoms with Crippen molar-refractivity contribution in [3.63, 3.8) is 0 Å². The topological polar surface area (TPSA) is 53.0 Å². The third-order valence-electron chi connectivity index (χ3n) is 3.18. The first kappa shape index (κ1) is 14.7. The van der Waals surface area contributed by atoms with Gasteiger partial charge in [0.15, 0.2) is 0 Å². The molecule has 3 nitrogen and oxygen atoms in total. The number of nitrogens with two attached hydrogens (primary N) is 1. The van der Waals surface area contributed by atoms with Gasteiger partial charge in [-0.15, -0.1) is 0 Å². The van der Waals surface area contributed by atoms with Crippen molar-refractivity contribution in [2.24, 2.45) is 0 Å². The van der Waals surface area contributed by atoms with Crippen molar-refractivity contribution >= 4 is 23.1 Å². The SMILES string of the molecule is CCC(CSC)N(C)c1ccc(N)c(CC#N)c1. The van der Waals surface area contributed by atoms with E-state index < -0.39 is 0 Å². The molecule has 0 aliphatic rings. The molecule has 4 heteroatoms. The third-order valence-corrected chi connectivity index (χ3v) is 3.90. The number of thioether (sulfide) groups is 1. The second kappa shape index (κ2) is 7.17. The van der Waals surface area contributed by atoms with Gasteiger partial charge >= 0.3 is 0 Å². The maximum Gasteiger partial charge on any atom is 0.0670 e. The van der Waals surface area contributed by atoms with E-state index in [-0.39, 0.29) is 0 Å². The van der Waals surface area contributed by atoms with Crippen LogP contribution in [0.2, 0.25) is 0 Å². The molecule has 2 N–H and O–H groups in total. The predicted molar refractivity (Wildman–Crippen MR) is 81.0 cm³/mol. The molecule has 1 unspecified atom stereocenters. The van der Waals surface area contributed by atoms with Crippen LogP contribution in [0.5, 0.6) is 0 Å². The summed E-state index contributed by atoms with van der Waals surface area (Å²) in [5, 5.41) is 8.79. The fourth-order valence-corrected chi connectivity index (χ4v) is 2.80. The Balaban J connectivity index is 2.95. The summed E-state index contributed by atoms with van der Waals surface area (Å²) in [6.45, 7) is 2.20. The molecule has 0 radical (unpaired) electrons. The smallest absolute Gasteiger partial charge is 0.0670 e. The summed E-state index contributed by atoms with van der Waals surface area (Å²) in [7, 11) is 2.10. The van der Waals surface area contributed by atoms with Crippen molar-refractivity contribution in [2.75, 3.05) is 29.7 Å². The summed E-state index contributed by atoms with van der Waals surface area (Å²) < 4.78 is 0. The zero-order valence-electron chi connectivity index (χ0n) is 11.3. The quantitative estimate of drug-likeness (QED) is 0.802. The summed E-state index contributed by atoms with van der Waals surface area (Å²) in [6.07, 6.45) is 3.60. The van der Waals surface area contributed by atoms with Crippen molar-refractivity contribution in [3.8, 4) is 6.07 Å². The fraction of sp³-hybridized carbons (Fsp3) is 0.500. The zero-order chi connectivity index (χ0) is 13.5. The Morgan fingerprint density at radius 2 is 2.22 bits per heavy atom. The van der Waals surface area contributed by atoms with Crippen molar-refractivity contribution in [3.05, 3.63) is 23.8 Å². The maximum atomic E-state index is 8.79. The minimum absolute atomic E-state index is 0.368. The van der Waals surface area contributed by atoms with Gasteiger partial charge in [0.2, 0.25) is 0 Å². The fourth-order valence-electron chi connectivity index (χ4n) is 1.96. The lowest BCUT2D eigenvalue weighted by Gasteiger charge is -2.29. The van der Waals surface area contributed by atoms with E-state index in [2.05, 4.69) is 31.2 Å². The van der Waals surface area contributed by atoms with Gasteiger partial charge in [-0.25, -0.2) is 0 Å². The van der Waals surface area contributed by atoms with Crippen molar-refractivity contribution in [1.82, 2.24) is 0 Å². The van der Waals surface area contributed by atoms with Gasteiger partial charge in [0.1, 0.15) is 0 Å². The van der Waals surface area contributed by atoms with E-state index in [9.17, 15) is 0 Å². The van der Waals surface area contributed by atoms with E-state index in [0.29, 0.717) is 18.2 Å². The number of nitrogens with zero attached hydrogens (tertiary/aromatic N) is 2. The Hall–Kier alpha value is -1.34. The van der Waals surface area contributed by atoms with Crippen molar-refractivity contribution in [2.45, 2.75) is 25.8 Å². The lowest BCUT2D eigenvalue weighted by Crippen LogP contribution is -2.33. The molecule has 98 valence electrons. The molecular formula is C14H21N3S. The van der Waals surface area contributed by atoms with Crippen LogP contribution < -0.4 is 10.6 Å². The van der Waals surface area contributed by atoms with Crippen LogP contribution in [0.4, 0.5) is 11.4 Å². The van der Waals surface area contributed by atoms with Crippen LogP contribution in [0.25, 0.3) is 0 Å². The van der Waals surface area contributed by atoms with Gasteiger partial charge in [0, 0.05) is 30.2 Å². The van der Waals surface area contributed by atoms with Gasteiger partial charge in [0.05, 0.1) is 12.5 Å². The first-order chi connectivity index (χ1) is 8.63. The monoisotopic (exact) mass is 263 g/mol. The van der Waals surface area contributed by atoms with Gasteiger partial charge in [-0.3, -0.25) is 0 Å². The second-order valence-electron chi connectivity index (χ2n) is 4.35. The summed E-state index contributed by atoms with van der Waals surface area (Å²) in [5.74, 6) is 1.10. The number of hydrogen-bond donors (Lipinski definition) is 1. The van der Waals surface area contributed by atoms with E-state index >= 15 is 0 Å². The van der Waals surface area contributed by atoms with E-state index in [1.54, 1.807) is 0 Å². The van der Waals surface area contributed by atoms with Gasteiger partial charge in [0.25, 0.3) is 0 Å². The van der Waals surface area contributed by atoms with Crippen LogP contribution in [0.3, 0.4) is 0 Å². The number of anilines is 2. The Bertz CT molecular complexity index is 426. The Kier molecular flexibility index (Phi) is 5.87. The Labute approximate surface area is 114 Å². The van der Waals surface area contributed by atoms with Crippen molar-refractivity contribution < 1.29 is 0 Å². The molecule has 0 aliphatic carbocycles. The molecule has 1 aromatic carbocycles. The van der Waals surface area contributed by atoms with Gasteiger partial charge in [-0.05, 0) is 36.4 Å². The molecule has 0 fully saturated rings. The highest BCUT2D eigenvalue weighted by atomic mass is 32.2. The Morgan fingerprint density at radius 3 is 2.78 bits per heavy atom. The molecule has 1 rings (SSSR count). The molecule has 0 saturated carbocycles. The number of nitrogen functional groups attached to an aromatic ring is 1. The van der Waals surface area contributed by atoms with Gasteiger partial charge in [-0.2, -0.15) is 17.0 Å². The van der Waals surface area contributed by atoms with Crippen molar-refractivity contribution in [1.29, 1.82) is 5.26 Å². The molecule has 0 bridgehead atoms. The van der Waals surface area contributed by atoms with E-state index in [1.165, 1.54) is 0 Å². The normalized spacial score (nSPS) is 11.9. The molecule has 1 aromatic rings. The van der Waals surface area contributed by atoms with Gasteiger partial charge in [-0.1, -0.05) is 6.92 Å². The molecule has 0 saturated heterocycles. The maximum absolute atomic E-state index is 8.79. The summed E-state index contributed by atoms with van der Waals surface area (Å²) in [5.41, 5.74) is 8.62. The largest absolute Gasteiger partial charge is 0.398 e. The summed E-state index contributed by atoms with van der Waals surface area (Å²) in [4.78, 5) is 2.27. The molecule has 0 heterocycles. The van der Waals surface area contributed by atoms with E-state index in [1.807, 2.05) is 30.0 Å². The lowest BCUT2D eigenvalue weighted by atomic mass is 10.1. The van der Waals surface area contributed by atoms with E-state index in [0.717, 1.165) is 23.4 Å². The number of nitriles is 1. The highest BCUT2D eigenvalue weighted by Crippen LogP contribution is 2.24. The van der Waals surface area contributed by atoms with Crippen LogP contribution in [-0.2, 0) is 6.42 Å². The van der Waals surface area contributed by atoms with Crippen LogP contribution >= 0.6 is 11.8 Å². The molecule has 1 atom stereocenters. The van der Waals surface area contributed by atoms with Crippen LogP contribution in [0.1, 0.15) is 18.9 Å². The molecule has 0 amide bonds. The molecule has 0 aromatic heterocycles. The highest BCUT2D eigenvalue weighted by Gasteiger charge is 2.13. The predicted octanol–water partition coefficient (Wildman–Crippen LogP) is 2.91. The summed E-state index contributed by atoms with van der Waals surface area (Å²) in [6, 6.07) is 8.62. The minimum atomic E-state index is 0.368. The minimum Gasteiger partial charge on any atom is -0.398 e. The first-order valence-corrected chi connectivity index (χ1v) is 7.50. The van der Waals surface area contributed by atoms with Crippen LogP contribution in [0, 0.1) is 11.3 Å². The number of benzene rings is 1. The number of rotatable bonds is 6. The van der Waals surface area contributed by atoms with E-state index in [4.69, 9.17) is 11.0 Å². The number of hydrogen-bond acceptors (Lipinski definition) is 4.